The number of pyridine rings is 2. The fraction of sp³-hybridized carbons (Fsp3) is 0.412. The summed E-state index contributed by atoms with van der Waals surface area (Å²) >= 11 is 0. The van der Waals surface area contributed by atoms with Crippen LogP contribution in [-0.4, -0.2) is 39.3 Å². The summed E-state index contributed by atoms with van der Waals surface area (Å²) in [5.41, 5.74) is -2.28. The molecule has 0 aliphatic carbocycles. The van der Waals surface area contributed by atoms with Gasteiger partial charge in [-0.05, 0) is 32.9 Å². The Morgan fingerprint density at radius 1 is 1.48 bits per heavy atom. The number of carbonyl (C=O) groups is 1. The maximum atomic E-state index is 12.5. The smallest absolute Gasteiger partial charge is 0.407 e. The summed E-state index contributed by atoms with van der Waals surface area (Å²) in [5, 5.41) is 24.1. The summed E-state index contributed by atoms with van der Waals surface area (Å²) in [7, 11) is 1.36. The molecule has 0 aliphatic rings. The molecule has 2 rings (SSSR count). The van der Waals surface area contributed by atoms with Gasteiger partial charge in [0.25, 0.3) is 0 Å². The number of nitrogens with one attached hydrogen (secondary N) is 1. The average Bonchev–Trinajstić information content (AvgIpc) is 2.61. The number of fused-ring (bicyclic) bond motifs is 1. The number of anilines is 1. The van der Waals surface area contributed by atoms with Crippen LogP contribution in [-0.2, 0) is 11.8 Å². The summed E-state index contributed by atoms with van der Waals surface area (Å²) in [6.45, 7) is 5.01. The Hall–Kier alpha value is -3.72. The number of aryl methyl sites for hydroxylation is 1. The van der Waals surface area contributed by atoms with Gasteiger partial charge in [-0.3, -0.25) is 14.9 Å². The van der Waals surface area contributed by atoms with Crippen molar-refractivity contribution in [2.45, 2.75) is 26.4 Å². The summed E-state index contributed by atoms with van der Waals surface area (Å²) < 4.78 is 6.17. The van der Waals surface area contributed by atoms with Crippen LogP contribution in [0.2, 0.25) is 0 Å². The minimum Gasteiger partial charge on any atom is -0.444 e. The van der Waals surface area contributed by atoms with E-state index in [1.54, 1.807) is 20.8 Å². The molecule has 1 amide bonds. The second-order valence-electron chi connectivity index (χ2n) is 7.12. The molecule has 0 bridgehead atoms. The molecular formula is C17H21N7O5. The zero-order valence-corrected chi connectivity index (χ0v) is 16.4. The number of ether oxygens (including phenoxy) is 1. The number of aromatic nitrogens is 2. The maximum Gasteiger partial charge on any atom is 0.407 e. The molecule has 0 atom stereocenters. The molecule has 3 N–H and O–H groups in total. The molecule has 12 heteroatoms. The Balaban J connectivity index is 2.44. The Bertz CT molecular complexity index is 1060. The van der Waals surface area contributed by atoms with Crippen LogP contribution < -0.4 is 21.7 Å². The van der Waals surface area contributed by atoms with Crippen LogP contribution in [0.3, 0.4) is 0 Å². The van der Waals surface area contributed by atoms with Gasteiger partial charge < -0.3 is 19.6 Å². The van der Waals surface area contributed by atoms with Crippen molar-refractivity contribution in [3.8, 4) is 6.07 Å². The standard InChI is InChI=1S/C17H21N7O5/c1-17(2,3)29-16(26)20-7-8-23(19)13-12-11(6-5-10(9-18)21-12)22(4)15(25)14(13)24(27)28/h5-6H,7-8,19H2,1-4H3,(H,20,26). The quantitative estimate of drug-likeness (QED) is 0.418. The molecular weight excluding hydrogens is 382 g/mol. The van der Waals surface area contributed by atoms with Crippen molar-refractivity contribution < 1.29 is 14.5 Å². The molecule has 2 aromatic heterocycles. The van der Waals surface area contributed by atoms with Crippen molar-refractivity contribution in [3.05, 3.63) is 38.3 Å². The number of rotatable bonds is 5. The topological polar surface area (TPSA) is 169 Å². The molecule has 0 aliphatic heterocycles. The number of carbonyl (C=O) groups excluding carboxylic acids is 1. The van der Waals surface area contributed by atoms with Crippen LogP contribution in [0.1, 0.15) is 26.5 Å². The monoisotopic (exact) mass is 403 g/mol. The van der Waals surface area contributed by atoms with Gasteiger partial charge in [-0.1, -0.05) is 0 Å². The van der Waals surface area contributed by atoms with Crippen molar-refractivity contribution in [2.24, 2.45) is 12.9 Å². The Labute approximate surface area is 165 Å². The number of amides is 1. The number of nitriles is 1. The highest BCUT2D eigenvalue weighted by Gasteiger charge is 2.29. The first-order chi connectivity index (χ1) is 13.5. The van der Waals surface area contributed by atoms with Gasteiger partial charge in [-0.2, -0.15) is 5.26 Å². The number of nitro groups is 1. The SMILES string of the molecule is Cn1c(=O)c([N+](=O)[O-])c(N(N)CCNC(=O)OC(C)(C)C)c2nc(C#N)ccc21. The number of hydrogen-bond donors (Lipinski definition) is 2. The zero-order valence-electron chi connectivity index (χ0n) is 16.4. The molecule has 0 saturated carbocycles. The summed E-state index contributed by atoms with van der Waals surface area (Å²) in [6.07, 6.45) is -0.681. The first kappa shape index (κ1) is 21.6. The molecule has 2 aromatic rings. The van der Waals surface area contributed by atoms with E-state index in [9.17, 15) is 19.7 Å². The van der Waals surface area contributed by atoms with Gasteiger partial charge in [0.1, 0.15) is 22.9 Å². The molecule has 0 radical (unpaired) electrons. The highest BCUT2D eigenvalue weighted by atomic mass is 16.6. The van der Waals surface area contributed by atoms with Crippen LogP contribution in [0, 0.1) is 21.4 Å². The van der Waals surface area contributed by atoms with Crippen molar-refractivity contribution in [1.29, 1.82) is 5.26 Å². The average molecular weight is 403 g/mol. The number of hydrazine groups is 1. The zero-order chi connectivity index (χ0) is 21.9. The molecule has 0 spiro atoms. The summed E-state index contributed by atoms with van der Waals surface area (Å²) in [5.74, 6) is 5.99. The van der Waals surface area contributed by atoms with E-state index in [-0.39, 0.29) is 35.5 Å². The molecule has 2 heterocycles. The Morgan fingerprint density at radius 2 is 2.14 bits per heavy atom. The van der Waals surface area contributed by atoms with E-state index in [2.05, 4.69) is 10.3 Å². The van der Waals surface area contributed by atoms with E-state index in [0.29, 0.717) is 0 Å². The number of nitrogens with zero attached hydrogens (tertiary/aromatic N) is 5. The third-order valence-corrected chi connectivity index (χ3v) is 3.80. The van der Waals surface area contributed by atoms with Gasteiger partial charge in [0.15, 0.2) is 5.69 Å². The molecule has 0 unspecified atom stereocenters. The van der Waals surface area contributed by atoms with E-state index in [4.69, 9.17) is 15.8 Å². The molecule has 154 valence electrons. The lowest BCUT2D eigenvalue weighted by atomic mass is 10.2. The van der Waals surface area contributed by atoms with Crippen LogP contribution in [0.25, 0.3) is 11.0 Å². The van der Waals surface area contributed by atoms with E-state index in [1.165, 1.54) is 19.2 Å². The maximum absolute atomic E-state index is 12.5. The number of alkyl carbamates (subject to hydrolysis) is 1. The van der Waals surface area contributed by atoms with E-state index in [1.807, 2.05) is 6.07 Å². The normalized spacial score (nSPS) is 11.0. The lowest BCUT2D eigenvalue weighted by Gasteiger charge is -2.22. The van der Waals surface area contributed by atoms with Crippen molar-refractivity contribution in [2.75, 3.05) is 18.1 Å². The van der Waals surface area contributed by atoms with Gasteiger partial charge in [0, 0.05) is 13.6 Å². The minimum absolute atomic E-state index is 0.00646. The lowest BCUT2D eigenvalue weighted by molar-refractivity contribution is -0.385. The van der Waals surface area contributed by atoms with E-state index < -0.39 is 27.9 Å². The van der Waals surface area contributed by atoms with Crippen molar-refractivity contribution in [1.82, 2.24) is 14.9 Å². The van der Waals surface area contributed by atoms with Gasteiger partial charge in [0.2, 0.25) is 0 Å². The predicted molar refractivity (Wildman–Crippen MR) is 104 cm³/mol. The minimum atomic E-state index is -0.875. The van der Waals surface area contributed by atoms with Gasteiger partial charge in [-0.15, -0.1) is 0 Å². The number of hydrogen-bond acceptors (Lipinski definition) is 9. The van der Waals surface area contributed by atoms with Gasteiger partial charge in [0.05, 0.1) is 17.0 Å². The first-order valence-electron chi connectivity index (χ1n) is 8.53. The fourth-order valence-corrected chi connectivity index (χ4v) is 2.58. The number of nitrogens with two attached hydrogens (primary N) is 1. The van der Waals surface area contributed by atoms with E-state index >= 15 is 0 Å². The van der Waals surface area contributed by atoms with Crippen LogP contribution in [0.4, 0.5) is 16.2 Å². The highest BCUT2D eigenvalue weighted by molar-refractivity contribution is 5.93. The Kier molecular flexibility index (Phi) is 6.03. The van der Waals surface area contributed by atoms with Crippen LogP contribution >= 0.6 is 0 Å². The molecule has 0 fully saturated rings. The largest absolute Gasteiger partial charge is 0.444 e. The third-order valence-electron chi connectivity index (χ3n) is 3.80. The van der Waals surface area contributed by atoms with Crippen LogP contribution in [0.15, 0.2) is 16.9 Å². The molecule has 0 aromatic carbocycles. The second-order valence-corrected chi connectivity index (χ2v) is 7.12. The lowest BCUT2D eigenvalue weighted by Crippen LogP contribution is -2.42. The molecule has 0 saturated heterocycles. The fourth-order valence-electron chi connectivity index (χ4n) is 2.58. The molecule has 12 nitrogen and oxygen atoms in total. The van der Waals surface area contributed by atoms with Crippen LogP contribution in [0.5, 0.6) is 0 Å². The van der Waals surface area contributed by atoms with E-state index in [0.717, 1.165) is 9.58 Å². The summed E-state index contributed by atoms with van der Waals surface area (Å²) in [4.78, 5) is 39.1. The van der Waals surface area contributed by atoms with Crippen molar-refractivity contribution in [3.63, 3.8) is 0 Å². The van der Waals surface area contributed by atoms with Gasteiger partial charge >= 0.3 is 17.3 Å². The van der Waals surface area contributed by atoms with Gasteiger partial charge in [-0.25, -0.2) is 15.6 Å². The molecule has 29 heavy (non-hydrogen) atoms. The first-order valence-corrected chi connectivity index (χ1v) is 8.53. The second kappa shape index (κ2) is 8.11. The summed E-state index contributed by atoms with van der Waals surface area (Å²) in [6, 6.07) is 4.70. The third kappa shape index (κ3) is 4.77. The highest BCUT2D eigenvalue weighted by Crippen LogP contribution is 2.30. The predicted octanol–water partition coefficient (Wildman–Crippen LogP) is 0.918. The Morgan fingerprint density at radius 3 is 2.69 bits per heavy atom. The van der Waals surface area contributed by atoms with Crippen molar-refractivity contribution >= 4 is 28.5 Å².